The number of carbonyl (C=O) groups excluding carboxylic acids is 1. The molecule has 0 aliphatic carbocycles. The molecule has 0 aliphatic heterocycles. The summed E-state index contributed by atoms with van der Waals surface area (Å²) in [6, 6.07) is 3.58. The lowest BCUT2D eigenvalue weighted by molar-refractivity contribution is -0.130. The molecular weight excluding hydrogens is 180 g/mol. The maximum Gasteiger partial charge on any atom is 0.259 e. The van der Waals surface area contributed by atoms with E-state index in [0.29, 0.717) is 5.75 Å². The average molecular weight is 194 g/mol. The first kappa shape index (κ1) is 10.5. The number of amides is 1. The summed E-state index contributed by atoms with van der Waals surface area (Å²) in [7, 11) is 3.39. The Kier molecular flexibility index (Phi) is 3.45. The molecule has 1 heterocycles. The highest BCUT2D eigenvalue weighted by Gasteiger charge is 2.06. The molecule has 0 fully saturated rings. The van der Waals surface area contributed by atoms with E-state index in [4.69, 9.17) is 4.74 Å². The minimum Gasteiger partial charge on any atom is -0.482 e. The van der Waals surface area contributed by atoms with Crippen LogP contribution < -0.4 is 4.74 Å². The molecule has 0 bridgehead atoms. The number of rotatable bonds is 3. The van der Waals surface area contributed by atoms with Gasteiger partial charge in [-0.05, 0) is 19.1 Å². The maximum absolute atomic E-state index is 11.2. The molecule has 0 N–H and O–H groups in total. The number of aryl methyl sites for hydroxylation is 1. The Balaban J connectivity index is 2.54. The maximum atomic E-state index is 11.2. The van der Waals surface area contributed by atoms with Crippen LogP contribution in [0.25, 0.3) is 0 Å². The Labute approximate surface area is 83.5 Å². The zero-order chi connectivity index (χ0) is 10.6. The van der Waals surface area contributed by atoms with E-state index in [2.05, 4.69) is 4.98 Å². The molecular formula is C10H14N2O2. The summed E-state index contributed by atoms with van der Waals surface area (Å²) in [6.07, 6.45) is 1.69. The number of pyridine rings is 1. The van der Waals surface area contributed by atoms with Gasteiger partial charge in [-0.2, -0.15) is 0 Å². The zero-order valence-corrected chi connectivity index (χ0v) is 8.65. The molecule has 0 unspecified atom stereocenters. The molecule has 0 radical (unpaired) electrons. The van der Waals surface area contributed by atoms with Gasteiger partial charge in [0.25, 0.3) is 5.91 Å². The van der Waals surface area contributed by atoms with Crippen LogP contribution in [0.3, 0.4) is 0 Å². The van der Waals surface area contributed by atoms with Crippen LogP contribution in [0, 0.1) is 6.92 Å². The Bertz CT molecular complexity index is 324. The van der Waals surface area contributed by atoms with Gasteiger partial charge >= 0.3 is 0 Å². The van der Waals surface area contributed by atoms with Crippen LogP contribution in [0.4, 0.5) is 0 Å². The van der Waals surface area contributed by atoms with Crippen LogP contribution in [-0.4, -0.2) is 36.5 Å². The molecule has 4 heteroatoms. The third-order valence-electron chi connectivity index (χ3n) is 1.81. The molecule has 76 valence electrons. The van der Waals surface area contributed by atoms with Crippen molar-refractivity contribution in [3.05, 3.63) is 24.0 Å². The Morgan fingerprint density at radius 2 is 2.29 bits per heavy atom. The van der Waals surface area contributed by atoms with Gasteiger partial charge in [-0.1, -0.05) is 0 Å². The van der Waals surface area contributed by atoms with Crippen molar-refractivity contribution in [2.24, 2.45) is 0 Å². The Morgan fingerprint density at radius 3 is 2.86 bits per heavy atom. The second-order valence-electron chi connectivity index (χ2n) is 3.16. The van der Waals surface area contributed by atoms with Gasteiger partial charge in [0.05, 0.1) is 5.69 Å². The largest absolute Gasteiger partial charge is 0.482 e. The van der Waals surface area contributed by atoms with Gasteiger partial charge in [0, 0.05) is 20.3 Å². The van der Waals surface area contributed by atoms with Crippen LogP contribution in [0.15, 0.2) is 18.3 Å². The normalized spacial score (nSPS) is 9.64. The molecule has 1 aromatic heterocycles. The second-order valence-corrected chi connectivity index (χ2v) is 3.16. The van der Waals surface area contributed by atoms with Crippen molar-refractivity contribution in [3.63, 3.8) is 0 Å². The molecule has 1 rings (SSSR count). The topological polar surface area (TPSA) is 42.4 Å². The molecule has 0 aliphatic rings. The number of carbonyl (C=O) groups is 1. The standard InChI is InChI=1S/C10H14N2O2/c1-8-9(5-4-6-11-8)14-7-10(13)12(2)3/h4-6H,7H2,1-3H3. The van der Waals surface area contributed by atoms with Gasteiger partial charge in [-0.15, -0.1) is 0 Å². The van der Waals surface area contributed by atoms with Crippen molar-refractivity contribution in [3.8, 4) is 5.75 Å². The zero-order valence-electron chi connectivity index (χ0n) is 8.65. The van der Waals surface area contributed by atoms with Gasteiger partial charge in [-0.25, -0.2) is 0 Å². The fourth-order valence-corrected chi connectivity index (χ4v) is 0.891. The predicted octanol–water partition coefficient (Wildman–Crippen LogP) is 0.857. The van der Waals surface area contributed by atoms with E-state index in [1.165, 1.54) is 4.90 Å². The van der Waals surface area contributed by atoms with E-state index < -0.39 is 0 Å². The molecule has 0 atom stereocenters. The lowest BCUT2D eigenvalue weighted by Gasteiger charge is -2.11. The molecule has 0 spiro atoms. The predicted molar refractivity (Wildman–Crippen MR) is 53.2 cm³/mol. The number of aromatic nitrogens is 1. The van der Waals surface area contributed by atoms with Gasteiger partial charge in [0.15, 0.2) is 6.61 Å². The van der Waals surface area contributed by atoms with Crippen molar-refractivity contribution in [2.45, 2.75) is 6.92 Å². The van der Waals surface area contributed by atoms with Crippen molar-refractivity contribution in [1.29, 1.82) is 0 Å². The first-order valence-electron chi connectivity index (χ1n) is 4.36. The number of nitrogens with zero attached hydrogens (tertiary/aromatic N) is 2. The summed E-state index contributed by atoms with van der Waals surface area (Å²) in [4.78, 5) is 16.8. The number of hydrogen-bond donors (Lipinski definition) is 0. The van der Waals surface area contributed by atoms with E-state index in [0.717, 1.165) is 5.69 Å². The fraction of sp³-hybridized carbons (Fsp3) is 0.400. The van der Waals surface area contributed by atoms with Gasteiger partial charge in [0.2, 0.25) is 0 Å². The number of likely N-dealkylation sites (N-methyl/N-ethyl adjacent to an activating group) is 1. The summed E-state index contributed by atoms with van der Waals surface area (Å²) in [5, 5.41) is 0. The van der Waals surface area contributed by atoms with Gasteiger partial charge in [-0.3, -0.25) is 9.78 Å². The van der Waals surface area contributed by atoms with Crippen LogP contribution in [0.5, 0.6) is 5.75 Å². The monoisotopic (exact) mass is 194 g/mol. The summed E-state index contributed by atoms with van der Waals surface area (Å²) < 4.78 is 5.31. The first-order valence-corrected chi connectivity index (χ1v) is 4.36. The summed E-state index contributed by atoms with van der Waals surface area (Å²) >= 11 is 0. The first-order chi connectivity index (χ1) is 6.61. The van der Waals surface area contributed by atoms with Gasteiger partial charge < -0.3 is 9.64 Å². The Morgan fingerprint density at radius 1 is 1.57 bits per heavy atom. The third-order valence-corrected chi connectivity index (χ3v) is 1.81. The van der Waals surface area contributed by atoms with Crippen molar-refractivity contribution < 1.29 is 9.53 Å². The molecule has 0 saturated heterocycles. The molecule has 0 aromatic carbocycles. The second kappa shape index (κ2) is 4.60. The molecule has 1 amide bonds. The highest BCUT2D eigenvalue weighted by Crippen LogP contribution is 2.13. The number of ether oxygens (including phenoxy) is 1. The fourth-order valence-electron chi connectivity index (χ4n) is 0.891. The third kappa shape index (κ3) is 2.73. The van der Waals surface area contributed by atoms with Crippen LogP contribution >= 0.6 is 0 Å². The minimum absolute atomic E-state index is 0.0551. The minimum atomic E-state index is -0.0618. The van der Waals surface area contributed by atoms with Crippen LogP contribution in [0.1, 0.15) is 5.69 Å². The Hall–Kier alpha value is -1.58. The molecule has 0 saturated carbocycles. The van der Waals surface area contributed by atoms with E-state index >= 15 is 0 Å². The SMILES string of the molecule is Cc1ncccc1OCC(=O)N(C)C. The molecule has 14 heavy (non-hydrogen) atoms. The number of hydrogen-bond acceptors (Lipinski definition) is 3. The van der Waals surface area contributed by atoms with Gasteiger partial charge in [0.1, 0.15) is 5.75 Å². The van der Waals surface area contributed by atoms with E-state index in [9.17, 15) is 4.79 Å². The summed E-state index contributed by atoms with van der Waals surface area (Å²) in [5.41, 5.74) is 0.791. The van der Waals surface area contributed by atoms with E-state index in [-0.39, 0.29) is 12.5 Å². The smallest absolute Gasteiger partial charge is 0.259 e. The quantitative estimate of drug-likeness (QED) is 0.716. The average Bonchev–Trinajstić information content (AvgIpc) is 2.16. The summed E-state index contributed by atoms with van der Waals surface area (Å²) in [5.74, 6) is 0.593. The lowest BCUT2D eigenvalue weighted by Crippen LogP contribution is -2.27. The van der Waals surface area contributed by atoms with E-state index in [1.807, 2.05) is 6.92 Å². The molecule has 1 aromatic rings. The van der Waals surface area contributed by atoms with Crippen molar-refractivity contribution >= 4 is 5.91 Å². The summed E-state index contributed by atoms with van der Waals surface area (Å²) in [6.45, 7) is 1.90. The van der Waals surface area contributed by atoms with Crippen molar-refractivity contribution in [1.82, 2.24) is 9.88 Å². The molecule has 4 nitrogen and oxygen atoms in total. The van der Waals surface area contributed by atoms with E-state index in [1.54, 1.807) is 32.4 Å². The van der Waals surface area contributed by atoms with Crippen LogP contribution in [0.2, 0.25) is 0 Å². The highest BCUT2D eigenvalue weighted by atomic mass is 16.5. The van der Waals surface area contributed by atoms with Crippen molar-refractivity contribution in [2.75, 3.05) is 20.7 Å². The lowest BCUT2D eigenvalue weighted by atomic mass is 10.3. The van der Waals surface area contributed by atoms with Crippen LogP contribution in [-0.2, 0) is 4.79 Å². The highest BCUT2D eigenvalue weighted by molar-refractivity contribution is 5.77.